The first kappa shape index (κ1) is 14.6. The molecule has 0 aliphatic carbocycles. The van der Waals surface area contributed by atoms with Gasteiger partial charge in [0.05, 0.1) is 6.04 Å². The van der Waals surface area contributed by atoms with E-state index in [-0.39, 0.29) is 17.9 Å². The number of aryl methyl sites for hydroxylation is 1. The number of nitrogens with zero attached hydrogens (tertiary/aromatic N) is 1. The van der Waals surface area contributed by atoms with Gasteiger partial charge in [0.25, 0.3) is 0 Å². The van der Waals surface area contributed by atoms with Crippen LogP contribution in [-0.4, -0.2) is 24.4 Å². The Kier molecular flexibility index (Phi) is 4.42. The standard InChI is InChI=1S/C16H22N2O2/c1-11(2)8-15(19)17-13-9-16(20)18(10-13)14-6-4-12(3)5-7-14/h4-7,11,13H,8-10H2,1-3H3,(H,17,19)/t13-/m1/s1. The first-order valence-electron chi connectivity index (χ1n) is 7.12. The number of benzene rings is 1. The first-order valence-corrected chi connectivity index (χ1v) is 7.12. The van der Waals surface area contributed by atoms with Gasteiger partial charge in [-0.15, -0.1) is 0 Å². The monoisotopic (exact) mass is 274 g/mol. The Balaban J connectivity index is 1.97. The summed E-state index contributed by atoms with van der Waals surface area (Å²) in [6.07, 6.45) is 0.896. The minimum atomic E-state index is -0.0740. The number of hydrogen-bond acceptors (Lipinski definition) is 2. The van der Waals surface area contributed by atoms with Crippen molar-refractivity contribution in [1.82, 2.24) is 5.32 Å². The maximum atomic E-state index is 12.0. The lowest BCUT2D eigenvalue weighted by molar-refractivity contribution is -0.122. The normalized spacial score (nSPS) is 18.7. The quantitative estimate of drug-likeness (QED) is 0.915. The predicted molar refractivity (Wildman–Crippen MR) is 79.5 cm³/mol. The third-order valence-corrected chi connectivity index (χ3v) is 3.43. The van der Waals surface area contributed by atoms with Crippen LogP contribution in [0.1, 0.15) is 32.3 Å². The topological polar surface area (TPSA) is 49.4 Å². The molecule has 0 bridgehead atoms. The minimum absolute atomic E-state index is 0.0311. The molecule has 0 aromatic heterocycles. The molecule has 2 rings (SSSR count). The fraction of sp³-hybridized carbons (Fsp3) is 0.500. The third kappa shape index (κ3) is 3.59. The molecule has 108 valence electrons. The highest BCUT2D eigenvalue weighted by Gasteiger charge is 2.31. The van der Waals surface area contributed by atoms with Gasteiger partial charge in [-0.3, -0.25) is 9.59 Å². The highest BCUT2D eigenvalue weighted by atomic mass is 16.2. The van der Waals surface area contributed by atoms with E-state index in [0.29, 0.717) is 25.3 Å². The van der Waals surface area contributed by atoms with E-state index < -0.39 is 0 Å². The van der Waals surface area contributed by atoms with E-state index in [1.54, 1.807) is 4.90 Å². The van der Waals surface area contributed by atoms with Gasteiger partial charge >= 0.3 is 0 Å². The molecule has 1 atom stereocenters. The molecule has 2 amide bonds. The summed E-state index contributed by atoms with van der Waals surface area (Å²) < 4.78 is 0. The summed E-state index contributed by atoms with van der Waals surface area (Å²) in [6, 6.07) is 7.81. The zero-order valence-electron chi connectivity index (χ0n) is 12.3. The summed E-state index contributed by atoms with van der Waals surface area (Å²) in [6.45, 7) is 6.60. The highest BCUT2D eigenvalue weighted by Crippen LogP contribution is 2.22. The summed E-state index contributed by atoms with van der Waals surface area (Å²) >= 11 is 0. The lowest BCUT2D eigenvalue weighted by atomic mass is 10.1. The van der Waals surface area contributed by atoms with Crippen LogP contribution in [0.15, 0.2) is 24.3 Å². The molecule has 1 aliphatic rings. The summed E-state index contributed by atoms with van der Waals surface area (Å²) in [5.41, 5.74) is 2.07. The van der Waals surface area contributed by atoms with Crippen molar-refractivity contribution in [2.75, 3.05) is 11.4 Å². The second kappa shape index (κ2) is 6.07. The van der Waals surface area contributed by atoms with Gasteiger partial charge in [0.15, 0.2) is 0 Å². The van der Waals surface area contributed by atoms with Crippen LogP contribution >= 0.6 is 0 Å². The maximum Gasteiger partial charge on any atom is 0.229 e. The number of hydrogen-bond donors (Lipinski definition) is 1. The Hall–Kier alpha value is -1.84. The zero-order chi connectivity index (χ0) is 14.7. The highest BCUT2D eigenvalue weighted by molar-refractivity contribution is 5.96. The molecule has 1 heterocycles. The molecule has 1 saturated heterocycles. The van der Waals surface area contributed by atoms with Gasteiger partial charge in [-0.25, -0.2) is 0 Å². The Morgan fingerprint density at radius 3 is 2.60 bits per heavy atom. The average Bonchev–Trinajstić information content (AvgIpc) is 2.70. The third-order valence-electron chi connectivity index (χ3n) is 3.43. The van der Waals surface area contributed by atoms with Crippen LogP contribution < -0.4 is 10.2 Å². The molecule has 0 saturated carbocycles. The van der Waals surface area contributed by atoms with Crippen molar-refractivity contribution in [2.24, 2.45) is 5.92 Å². The second-order valence-electron chi connectivity index (χ2n) is 5.91. The summed E-state index contributed by atoms with van der Waals surface area (Å²) in [4.78, 5) is 25.6. The van der Waals surface area contributed by atoms with Crippen LogP contribution in [0.2, 0.25) is 0 Å². The van der Waals surface area contributed by atoms with Crippen LogP contribution in [0.25, 0.3) is 0 Å². The molecule has 1 N–H and O–H groups in total. The van der Waals surface area contributed by atoms with Crippen molar-refractivity contribution < 1.29 is 9.59 Å². The van der Waals surface area contributed by atoms with Crippen LogP contribution in [0.5, 0.6) is 0 Å². The van der Waals surface area contributed by atoms with Crippen molar-refractivity contribution in [3.8, 4) is 0 Å². The summed E-state index contributed by atoms with van der Waals surface area (Å²) in [7, 11) is 0. The van der Waals surface area contributed by atoms with Crippen LogP contribution in [-0.2, 0) is 9.59 Å². The Labute approximate surface area is 120 Å². The molecule has 4 heteroatoms. The Morgan fingerprint density at radius 1 is 1.35 bits per heavy atom. The molecular formula is C16H22N2O2. The summed E-state index contributed by atoms with van der Waals surface area (Å²) in [5, 5.41) is 2.95. The smallest absolute Gasteiger partial charge is 0.229 e. The van der Waals surface area contributed by atoms with Crippen molar-refractivity contribution in [2.45, 2.75) is 39.7 Å². The molecule has 1 aromatic carbocycles. The molecule has 1 aliphatic heterocycles. The van der Waals surface area contributed by atoms with Gasteiger partial charge in [0, 0.05) is 25.1 Å². The number of anilines is 1. The van der Waals surface area contributed by atoms with Gasteiger partial charge in [0.1, 0.15) is 0 Å². The number of amides is 2. The van der Waals surface area contributed by atoms with Crippen molar-refractivity contribution >= 4 is 17.5 Å². The fourth-order valence-corrected chi connectivity index (χ4v) is 2.44. The lowest BCUT2D eigenvalue weighted by Crippen LogP contribution is -2.37. The molecule has 1 aromatic rings. The van der Waals surface area contributed by atoms with E-state index in [0.717, 1.165) is 5.69 Å². The van der Waals surface area contributed by atoms with Crippen LogP contribution in [0.3, 0.4) is 0 Å². The molecule has 0 radical (unpaired) electrons. The van der Waals surface area contributed by atoms with Gasteiger partial charge < -0.3 is 10.2 Å². The van der Waals surface area contributed by atoms with E-state index in [2.05, 4.69) is 5.32 Å². The van der Waals surface area contributed by atoms with Gasteiger partial charge in [-0.1, -0.05) is 31.5 Å². The van der Waals surface area contributed by atoms with Crippen LogP contribution in [0.4, 0.5) is 5.69 Å². The molecule has 0 spiro atoms. The number of rotatable bonds is 4. The van der Waals surface area contributed by atoms with Gasteiger partial charge in [-0.05, 0) is 25.0 Å². The minimum Gasteiger partial charge on any atom is -0.351 e. The predicted octanol–water partition coefficient (Wildman–Crippen LogP) is 2.26. The molecule has 4 nitrogen and oxygen atoms in total. The second-order valence-corrected chi connectivity index (χ2v) is 5.91. The zero-order valence-corrected chi connectivity index (χ0v) is 12.3. The molecule has 20 heavy (non-hydrogen) atoms. The van der Waals surface area contributed by atoms with Gasteiger partial charge in [0.2, 0.25) is 11.8 Å². The largest absolute Gasteiger partial charge is 0.351 e. The number of carbonyl (C=O) groups excluding carboxylic acids is 2. The Bertz CT molecular complexity index is 494. The van der Waals surface area contributed by atoms with Crippen LogP contribution in [0, 0.1) is 12.8 Å². The molecule has 1 fully saturated rings. The maximum absolute atomic E-state index is 12.0. The van der Waals surface area contributed by atoms with Crippen molar-refractivity contribution in [3.63, 3.8) is 0 Å². The molecule has 0 unspecified atom stereocenters. The van der Waals surface area contributed by atoms with E-state index in [4.69, 9.17) is 0 Å². The first-order chi connectivity index (χ1) is 9.45. The summed E-state index contributed by atoms with van der Waals surface area (Å²) in [5.74, 6) is 0.438. The van der Waals surface area contributed by atoms with E-state index in [9.17, 15) is 9.59 Å². The Morgan fingerprint density at radius 2 is 2.00 bits per heavy atom. The SMILES string of the molecule is Cc1ccc(N2C[C@H](NC(=O)CC(C)C)CC2=O)cc1. The molecular weight excluding hydrogens is 252 g/mol. The lowest BCUT2D eigenvalue weighted by Gasteiger charge is -2.17. The van der Waals surface area contributed by atoms with Crippen molar-refractivity contribution in [3.05, 3.63) is 29.8 Å². The van der Waals surface area contributed by atoms with Crippen molar-refractivity contribution in [1.29, 1.82) is 0 Å². The van der Waals surface area contributed by atoms with Gasteiger partial charge in [-0.2, -0.15) is 0 Å². The van der Waals surface area contributed by atoms with E-state index in [1.807, 2.05) is 45.0 Å². The number of nitrogens with one attached hydrogen (secondary N) is 1. The van der Waals surface area contributed by atoms with E-state index >= 15 is 0 Å². The number of carbonyl (C=O) groups is 2. The van der Waals surface area contributed by atoms with E-state index in [1.165, 1.54) is 5.56 Å². The fourth-order valence-electron chi connectivity index (χ4n) is 2.44. The average molecular weight is 274 g/mol.